The fourth-order valence-electron chi connectivity index (χ4n) is 2.13. The average molecular weight is 343 g/mol. The number of rotatable bonds is 5. The van der Waals surface area contributed by atoms with Gasteiger partial charge in [0.1, 0.15) is 5.82 Å². The predicted molar refractivity (Wildman–Crippen MR) is 83.3 cm³/mol. The number of imidazole rings is 1. The lowest BCUT2D eigenvalue weighted by molar-refractivity contribution is 0.0650. The molecular formula is C15H17ClF2N4O. The van der Waals surface area contributed by atoms with Crippen LogP contribution in [0.15, 0.2) is 36.7 Å². The van der Waals surface area contributed by atoms with Gasteiger partial charge in [-0.15, -0.1) is 0 Å². The summed E-state index contributed by atoms with van der Waals surface area (Å²) in [5.74, 6) is 0.114. The highest BCUT2D eigenvalue weighted by Gasteiger charge is 2.18. The molecule has 1 unspecified atom stereocenters. The number of halogens is 3. The summed E-state index contributed by atoms with van der Waals surface area (Å²) in [6.07, 6.45) is 2.46. The second-order valence-corrected chi connectivity index (χ2v) is 5.48. The molecule has 0 radical (unpaired) electrons. The molecule has 124 valence electrons. The summed E-state index contributed by atoms with van der Waals surface area (Å²) in [7, 11) is 1.51. The molecule has 0 saturated carbocycles. The summed E-state index contributed by atoms with van der Waals surface area (Å²) < 4.78 is 26.3. The molecule has 0 saturated heterocycles. The number of carbonyl (C=O) groups is 1. The van der Waals surface area contributed by atoms with Gasteiger partial charge in [-0.1, -0.05) is 29.8 Å². The first-order chi connectivity index (χ1) is 10.9. The molecule has 23 heavy (non-hydrogen) atoms. The normalized spacial score (nSPS) is 12.3. The summed E-state index contributed by atoms with van der Waals surface area (Å²) in [5, 5.41) is 3.33. The van der Waals surface area contributed by atoms with E-state index in [2.05, 4.69) is 10.3 Å². The van der Waals surface area contributed by atoms with Crippen molar-refractivity contribution in [2.75, 3.05) is 7.05 Å². The van der Waals surface area contributed by atoms with Gasteiger partial charge in [-0.05, 0) is 18.6 Å². The first kappa shape index (κ1) is 17.2. The molecule has 0 fully saturated rings. The molecule has 0 bridgehead atoms. The maximum Gasteiger partial charge on any atom is 0.319 e. The molecular weight excluding hydrogens is 326 g/mol. The van der Waals surface area contributed by atoms with Gasteiger partial charge < -0.3 is 10.2 Å². The molecule has 0 aliphatic carbocycles. The van der Waals surface area contributed by atoms with Crippen LogP contribution < -0.4 is 5.32 Å². The van der Waals surface area contributed by atoms with Crippen molar-refractivity contribution in [3.63, 3.8) is 0 Å². The smallest absolute Gasteiger partial charge is 0.319 e. The number of benzene rings is 1. The maximum atomic E-state index is 12.8. The Kier molecular flexibility index (Phi) is 5.54. The predicted octanol–water partition coefficient (Wildman–Crippen LogP) is 3.83. The van der Waals surface area contributed by atoms with Gasteiger partial charge in [0.15, 0.2) is 0 Å². The quantitative estimate of drug-likeness (QED) is 0.897. The number of urea groups is 1. The van der Waals surface area contributed by atoms with E-state index in [1.165, 1.54) is 24.3 Å². The fraction of sp³-hybridized carbons (Fsp3) is 0.333. The van der Waals surface area contributed by atoms with Gasteiger partial charge in [-0.25, -0.2) is 9.78 Å². The number of alkyl halides is 2. The van der Waals surface area contributed by atoms with Crippen LogP contribution in [0.3, 0.4) is 0 Å². The Morgan fingerprint density at radius 3 is 2.78 bits per heavy atom. The SMILES string of the molecule is CC(NC(=O)N(C)Cc1nccn1C(F)F)c1ccccc1Cl. The Bertz CT molecular complexity index is 677. The molecule has 2 aromatic rings. The Morgan fingerprint density at radius 1 is 1.43 bits per heavy atom. The molecule has 8 heteroatoms. The molecule has 0 spiro atoms. The third-order valence-electron chi connectivity index (χ3n) is 3.40. The number of hydrogen-bond acceptors (Lipinski definition) is 2. The lowest BCUT2D eigenvalue weighted by Crippen LogP contribution is -2.38. The van der Waals surface area contributed by atoms with Gasteiger partial charge >= 0.3 is 12.6 Å². The van der Waals surface area contributed by atoms with Gasteiger partial charge in [0.2, 0.25) is 0 Å². The van der Waals surface area contributed by atoms with Crippen molar-refractivity contribution in [1.29, 1.82) is 0 Å². The minimum absolute atomic E-state index is 0.0294. The van der Waals surface area contributed by atoms with Crippen LogP contribution in [0.2, 0.25) is 5.02 Å². The van der Waals surface area contributed by atoms with Crippen molar-refractivity contribution < 1.29 is 13.6 Å². The highest BCUT2D eigenvalue weighted by atomic mass is 35.5. The standard InChI is InChI=1S/C15H17ClF2N4O/c1-10(11-5-3-4-6-12(11)16)20-15(23)21(2)9-13-19-7-8-22(13)14(17)18/h3-8,10,14H,9H2,1-2H3,(H,20,23). The van der Waals surface area contributed by atoms with Gasteiger partial charge in [-0.2, -0.15) is 8.78 Å². The monoisotopic (exact) mass is 342 g/mol. The van der Waals surface area contributed by atoms with Crippen LogP contribution in [0.1, 0.15) is 30.9 Å². The molecule has 2 amide bonds. The largest absolute Gasteiger partial charge is 0.331 e. The van der Waals surface area contributed by atoms with E-state index in [0.717, 1.165) is 10.1 Å². The average Bonchev–Trinajstić information content (AvgIpc) is 2.95. The van der Waals surface area contributed by atoms with Gasteiger partial charge in [0.05, 0.1) is 12.6 Å². The van der Waals surface area contributed by atoms with Gasteiger partial charge in [0.25, 0.3) is 0 Å². The molecule has 1 aromatic carbocycles. The number of nitrogens with one attached hydrogen (secondary N) is 1. The number of carbonyl (C=O) groups excluding carboxylic acids is 1. The molecule has 1 N–H and O–H groups in total. The number of nitrogens with zero attached hydrogens (tertiary/aromatic N) is 3. The Morgan fingerprint density at radius 2 is 2.13 bits per heavy atom. The zero-order valence-corrected chi connectivity index (χ0v) is 13.5. The fourth-order valence-corrected chi connectivity index (χ4v) is 2.43. The van der Waals surface area contributed by atoms with Crippen LogP contribution in [0.5, 0.6) is 0 Å². The van der Waals surface area contributed by atoms with Gasteiger partial charge in [-0.3, -0.25) is 4.57 Å². The Labute approximate surface area is 137 Å². The minimum Gasteiger partial charge on any atom is -0.331 e. The highest BCUT2D eigenvalue weighted by molar-refractivity contribution is 6.31. The summed E-state index contributed by atoms with van der Waals surface area (Å²) in [6.45, 7) is -0.920. The molecule has 1 heterocycles. The van der Waals surface area contributed by atoms with Crippen LogP contribution in [0, 0.1) is 0 Å². The van der Waals surface area contributed by atoms with E-state index in [1.807, 2.05) is 12.1 Å². The van der Waals surface area contributed by atoms with Crippen molar-refractivity contribution in [2.24, 2.45) is 0 Å². The molecule has 2 rings (SSSR count). The van der Waals surface area contributed by atoms with E-state index in [0.29, 0.717) is 5.02 Å². The summed E-state index contributed by atoms with van der Waals surface area (Å²) in [4.78, 5) is 17.3. The summed E-state index contributed by atoms with van der Waals surface area (Å²) in [5.41, 5.74) is 0.782. The molecule has 1 atom stereocenters. The zero-order chi connectivity index (χ0) is 17.0. The highest BCUT2D eigenvalue weighted by Crippen LogP contribution is 2.22. The first-order valence-corrected chi connectivity index (χ1v) is 7.34. The van der Waals surface area contributed by atoms with E-state index in [1.54, 1.807) is 19.1 Å². The molecule has 0 aliphatic rings. The zero-order valence-electron chi connectivity index (χ0n) is 12.7. The van der Waals surface area contributed by atoms with Crippen LogP contribution in [0.4, 0.5) is 13.6 Å². The summed E-state index contributed by atoms with van der Waals surface area (Å²) in [6, 6.07) is 6.47. The van der Waals surface area contributed by atoms with E-state index in [-0.39, 0.29) is 18.4 Å². The van der Waals surface area contributed by atoms with Crippen molar-refractivity contribution >= 4 is 17.6 Å². The van der Waals surface area contributed by atoms with Gasteiger partial charge in [0, 0.05) is 24.5 Å². The second kappa shape index (κ2) is 7.41. The van der Waals surface area contributed by atoms with E-state index in [4.69, 9.17) is 11.6 Å². The number of amides is 2. The minimum atomic E-state index is -2.69. The van der Waals surface area contributed by atoms with Crippen LogP contribution in [0.25, 0.3) is 0 Å². The first-order valence-electron chi connectivity index (χ1n) is 6.96. The van der Waals surface area contributed by atoms with E-state index < -0.39 is 12.6 Å². The molecule has 5 nitrogen and oxygen atoms in total. The third-order valence-corrected chi connectivity index (χ3v) is 3.74. The maximum absolute atomic E-state index is 12.8. The van der Waals surface area contributed by atoms with E-state index in [9.17, 15) is 13.6 Å². The Hall–Kier alpha value is -2.15. The lowest BCUT2D eigenvalue weighted by atomic mass is 10.1. The van der Waals surface area contributed by atoms with Crippen molar-refractivity contribution in [3.8, 4) is 0 Å². The summed E-state index contributed by atoms with van der Waals surface area (Å²) >= 11 is 6.09. The number of aromatic nitrogens is 2. The molecule has 0 aliphatic heterocycles. The lowest BCUT2D eigenvalue weighted by Gasteiger charge is -2.22. The van der Waals surface area contributed by atoms with Crippen molar-refractivity contribution in [1.82, 2.24) is 19.8 Å². The topological polar surface area (TPSA) is 50.2 Å². The van der Waals surface area contributed by atoms with Crippen molar-refractivity contribution in [2.45, 2.75) is 26.1 Å². The number of hydrogen-bond donors (Lipinski definition) is 1. The van der Waals surface area contributed by atoms with Crippen LogP contribution in [-0.2, 0) is 6.54 Å². The Balaban J connectivity index is 2.00. The van der Waals surface area contributed by atoms with E-state index >= 15 is 0 Å². The van der Waals surface area contributed by atoms with Crippen LogP contribution >= 0.6 is 11.6 Å². The van der Waals surface area contributed by atoms with Crippen molar-refractivity contribution in [3.05, 3.63) is 53.1 Å². The second-order valence-electron chi connectivity index (χ2n) is 5.08. The third kappa shape index (κ3) is 4.19. The molecule has 1 aromatic heterocycles. The van der Waals surface area contributed by atoms with Crippen LogP contribution in [-0.4, -0.2) is 27.5 Å².